The second kappa shape index (κ2) is 8.15. The lowest BCUT2D eigenvalue weighted by Gasteiger charge is -2.19. The topological polar surface area (TPSA) is 55.8 Å². The summed E-state index contributed by atoms with van der Waals surface area (Å²) in [6.07, 6.45) is 2.48. The Morgan fingerprint density at radius 1 is 1.08 bits per heavy atom. The first-order chi connectivity index (χ1) is 11.6. The molecule has 2 rings (SSSR count). The summed E-state index contributed by atoms with van der Waals surface area (Å²) in [4.78, 5) is 25.2. The van der Waals surface area contributed by atoms with Crippen molar-refractivity contribution in [3.8, 4) is 5.75 Å². The van der Waals surface area contributed by atoms with Crippen LogP contribution in [0.2, 0.25) is 0 Å². The zero-order chi connectivity index (χ0) is 17.5. The third-order valence-electron chi connectivity index (χ3n) is 3.70. The Morgan fingerprint density at radius 3 is 2.29 bits per heavy atom. The lowest BCUT2D eigenvalue weighted by Crippen LogP contribution is -2.33. The molecule has 0 bridgehead atoms. The molecule has 0 radical (unpaired) electrons. The maximum Gasteiger partial charge on any atom is 0.415 e. The van der Waals surface area contributed by atoms with Gasteiger partial charge >= 0.3 is 12.1 Å². The van der Waals surface area contributed by atoms with E-state index in [1.54, 1.807) is 17.0 Å². The van der Waals surface area contributed by atoms with E-state index in [9.17, 15) is 9.59 Å². The van der Waals surface area contributed by atoms with Crippen LogP contribution in [0.4, 0.5) is 4.79 Å². The van der Waals surface area contributed by atoms with Crippen LogP contribution in [0.5, 0.6) is 5.75 Å². The highest BCUT2D eigenvalue weighted by molar-refractivity contribution is 5.92. The summed E-state index contributed by atoms with van der Waals surface area (Å²) in [5, 5.41) is 1.94. The maximum atomic E-state index is 12.2. The molecule has 5 nitrogen and oxygen atoms in total. The number of nitrogens with zero attached hydrogens (tertiary/aromatic N) is 1. The van der Waals surface area contributed by atoms with E-state index in [2.05, 4.69) is 4.74 Å². The Morgan fingerprint density at radius 2 is 1.71 bits per heavy atom. The Labute approximate surface area is 141 Å². The quantitative estimate of drug-likeness (QED) is 0.618. The molecule has 24 heavy (non-hydrogen) atoms. The Bertz CT molecular complexity index is 763. The van der Waals surface area contributed by atoms with Crippen LogP contribution in [0.15, 0.2) is 42.5 Å². The van der Waals surface area contributed by atoms with Gasteiger partial charge in [0.15, 0.2) is 0 Å². The van der Waals surface area contributed by atoms with Crippen molar-refractivity contribution in [2.24, 2.45) is 0 Å². The van der Waals surface area contributed by atoms with Crippen LogP contribution >= 0.6 is 0 Å². The molecular weight excluding hydrogens is 306 g/mol. The predicted octanol–water partition coefficient (Wildman–Crippen LogP) is 3.87. The van der Waals surface area contributed by atoms with Crippen LogP contribution in [0.25, 0.3) is 16.8 Å². The van der Waals surface area contributed by atoms with Gasteiger partial charge in [0.25, 0.3) is 0 Å². The van der Waals surface area contributed by atoms with Crippen LogP contribution in [0, 0.1) is 0 Å². The fourth-order valence-corrected chi connectivity index (χ4v) is 2.32. The van der Waals surface area contributed by atoms with E-state index in [4.69, 9.17) is 4.74 Å². The van der Waals surface area contributed by atoms with Gasteiger partial charge in [0.2, 0.25) is 0 Å². The fourth-order valence-electron chi connectivity index (χ4n) is 2.32. The molecule has 0 aromatic heterocycles. The highest BCUT2D eigenvalue weighted by atomic mass is 16.6. The van der Waals surface area contributed by atoms with Crippen molar-refractivity contribution >= 4 is 28.9 Å². The minimum atomic E-state index is -0.468. The second-order valence-electron chi connectivity index (χ2n) is 5.13. The minimum Gasteiger partial charge on any atom is -0.466 e. The third kappa shape index (κ3) is 4.13. The number of benzene rings is 2. The van der Waals surface area contributed by atoms with Crippen LogP contribution < -0.4 is 4.74 Å². The number of carbonyl (C=O) groups excluding carboxylic acids is 2. The summed E-state index contributed by atoms with van der Waals surface area (Å²) in [5.74, 6) is -0.0602. The average Bonchev–Trinajstić information content (AvgIpc) is 2.60. The number of fused-ring (bicyclic) bond motifs is 1. The van der Waals surface area contributed by atoms with Gasteiger partial charge in [0, 0.05) is 24.7 Å². The number of amides is 1. The number of hydrogen-bond acceptors (Lipinski definition) is 4. The molecule has 5 heteroatoms. The highest BCUT2D eigenvalue weighted by Crippen LogP contribution is 2.28. The van der Waals surface area contributed by atoms with Gasteiger partial charge < -0.3 is 14.4 Å². The van der Waals surface area contributed by atoms with E-state index in [-0.39, 0.29) is 0 Å². The molecule has 0 unspecified atom stereocenters. The first-order valence-corrected chi connectivity index (χ1v) is 7.84. The van der Waals surface area contributed by atoms with Crippen molar-refractivity contribution in [1.82, 2.24) is 4.90 Å². The van der Waals surface area contributed by atoms with Crippen molar-refractivity contribution in [3.63, 3.8) is 0 Å². The van der Waals surface area contributed by atoms with Crippen molar-refractivity contribution < 1.29 is 19.1 Å². The second-order valence-corrected chi connectivity index (χ2v) is 5.13. The van der Waals surface area contributed by atoms with Gasteiger partial charge in [-0.2, -0.15) is 0 Å². The van der Waals surface area contributed by atoms with Gasteiger partial charge in [-0.1, -0.05) is 24.3 Å². The first kappa shape index (κ1) is 17.5. The molecule has 126 valence electrons. The maximum absolute atomic E-state index is 12.2. The van der Waals surface area contributed by atoms with E-state index in [1.807, 2.05) is 44.2 Å². The summed E-state index contributed by atoms with van der Waals surface area (Å²) in [5.41, 5.74) is 0.639. The largest absolute Gasteiger partial charge is 0.466 e. The minimum absolute atomic E-state index is 0.408. The molecule has 0 aliphatic heterocycles. The fraction of sp³-hybridized carbons (Fsp3) is 0.263. The number of carbonyl (C=O) groups is 2. The molecule has 0 aliphatic carbocycles. The third-order valence-corrected chi connectivity index (χ3v) is 3.70. The Hall–Kier alpha value is -2.82. The van der Waals surface area contributed by atoms with Crippen LogP contribution in [-0.2, 0) is 9.53 Å². The van der Waals surface area contributed by atoms with Crippen LogP contribution in [-0.4, -0.2) is 37.2 Å². The molecule has 0 atom stereocenters. The number of ether oxygens (including phenoxy) is 2. The van der Waals surface area contributed by atoms with Gasteiger partial charge in [0.05, 0.1) is 7.11 Å². The zero-order valence-electron chi connectivity index (χ0n) is 14.1. The molecule has 0 spiro atoms. The summed E-state index contributed by atoms with van der Waals surface area (Å²) in [6.45, 7) is 4.92. The molecule has 0 saturated carbocycles. The number of esters is 1. The summed E-state index contributed by atoms with van der Waals surface area (Å²) in [6, 6.07) is 11.4. The average molecular weight is 327 g/mol. The molecular formula is C19H21NO4. The molecule has 2 aromatic carbocycles. The van der Waals surface area contributed by atoms with Crippen LogP contribution in [0.1, 0.15) is 19.4 Å². The van der Waals surface area contributed by atoms with Crippen molar-refractivity contribution in [2.45, 2.75) is 13.8 Å². The van der Waals surface area contributed by atoms with Gasteiger partial charge in [-0.15, -0.1) is 0 Å². The van der Waals surface area contributed by atoms with Crippen molar-refractivity contribution in [1.29, 1.82) is 0 Å². The van der Waals surface area contributed by atoms with E-state index < -0.39 is 12.1 Å². The van der Waals surface area contributed by atoms with Crippen molar-refractivity contribution in [2.75, 3.05) is 20.2 Å². The molecule has 0 N–H and O–H groups in total. The van der Waals surface area contributed by atoms with E-state index in [0.717, 1.165) is 10.8 Å². The molecule has 2 aromatic rings. The van der Waals surface area contributed by atoms with E-state index in [0.29, 0.717) is 24.4 Å². The van der Waals surface area contributed by atoms with Gasteiger partial charge in [-0.05, 0) is 42.8 Å². The smallest absolute Gasteiger partial charge is 0.415 e. The highest BCUT2D eigenvalue weighted by Gasteiger charge is 2.14. The van der Waals surface area contributed by atoms with Gasteiger partial charge in [0.1, 0.15) is 5.75 Å². The molecule has 0 aliphatic rings. The van der Waals surface area contributed by atoms with E-state index >= 15 is 0 Å². The summed E-state index contributed by atoms with van der Waals surface area (Å²) < 4.78 is 10.2. The molecule has 0 saturated heterocycles. The Balaban J connectivity index is 2.42. The molecule has 0 heterocycles. The lowest BCUT2D eigenvalue weighted by atomic mass is 10.1. The Kier molecular flexibility index (Phi) is 5.95. The summed E-state index contributed by atoms with van der Waals surface area (Å²) >= 11 is 0. The monoisotopic (exact) mass is 327 g/mol. The lowest BCUT2D eigenvalue weighted by molar-refractivity contribution is -0.134. The molecule has 0 fully saturated rings. The van der Waals surface area contributed by atoms with Crippen molar-refractivity contribution in [3.05, 3.63) is 48.0 Å². The number of hydrogen-bond donors (Lipinski definition) is 0. The number of methoxy groups -OCH3 is 1. The van der Waals surface area contributed by atoms with E-state index in [1.165, 1.54) is 13.2 Å². The first-order valence-electron chi connectivity index (χ1n) is 7.84. The molecule has 1 amide bonds. The predicted molar refractivity (Wildman–Crippen MR) is 93.9 cm³/mol. The normalized spacial score (nSPS) is 10.8. The zero-order valence-corrected chi connectivity index (χ0v) is 14.1. The number of rotatable bonds is 5. The standard InChI is InChI=1S/C19H21NO4/c1-4-20(5-2)19(22)24-17-13-15-9-7-6-8-14(15)12-16(17)10-11-18(21)23-3/h6-13H,4-5H2,1-3H3/b11-10+. The van der Waals surface area contributed by atoms with Gasteiger partial charge in [-0.3, -0.25) is 0 Å². The summed E-state index contributed by atoms with van der Waals surface area (Å²) in [7, 11) is 1.31. The van der Waals surface area contributed by atoms with Gasteiger partial charge in [-0.25, -0.2) is 9.59 Å². The SMILES string of the molecule is CCN(CC)C(=O)Oc1cc2ccccc2cc1/C=C/C(=O)OC. The van der Waals surface area contributed by atoms with Crippen LogP contribution in [0.3, 0.4) is 0 Å².